The van der Waals surface area contributed by atoms with Gasteiger partial charge in [0.25, 0.3) is 0 Å². The van der Waals surface area contributed by atoms with Crippen molar-refractivity contribution in [1.29, 1.82) is 0 Å². The minimum atomic E-state index is -0.0434. The fourth-order valence-electron chi connectivity index (χ4n) is 2.91. The van der Waals surface area contributed by atoms with Crippen LogP contribution in [0.5, 0.6) is 0 Å². The number of hydrogen-bond donors (Lipinski definition) is 0. The highest BCUT2D eigenvalue weighted by Crippen LogP contribution is 2.33. The van der Waals surface area contributed by atoms with Crippen LogP contribution in [0, 0.1) is 5.41 Å². The monoisotopic (exact) mass is 339 g/mol. The highest BCUT2D eigenvalue weighted by Gasteiger charge is 2.29. The van der Waals surface area contributed by atoms with Crippen LogP contribution in [0.15, 0.2) is 29.2 Å². The van der Waals surface area contributed by atoms with Crippen LogP contribution >= 0.6 is 15.9 Å². The quantitative estimate of drug-likeness (QED) is 0.724. The topological polar surface area (TPSA) is 39.3 Å². The maximum absolute atomic E-state index is 12.4. The molecule has 110 valence electrons. The fourth-order valence-corrected chi connectivity index (χ4v) is 3.65. The minimum Gasteiger partial charge on any atom is -0.250 e. The van der Waals surface area contributed by atoms with Crippen molar-refractivity contribution in [3.63, 3.8) is 0 Å². The standard InChI is InChI=1S/C15H22BrN3O/c1-3-8-15(11-16,9-4-2)12-19-14(20)18-10-6-5-7-13(18)17-19/h5-7,10H,3-4,8-9,11-12H2,1-2H3. The first kappa shape index (κ1) is 15.3. The Bertz CT molecular complexity index is 611. The van der Waals surface area contributed by atoms with E-state index in [1.54, 1.807) is 15.3 Å². The molecular weight excluding hydrogens is 318 g/mol. The summed E-state index contributed by atoms with van der Waals surface area (Å²) in [5.41, 5.74) is 0.790. The van der Waals surface area contributed by atoms with Gasteiger partial charge in [-0.1, -0.05) is 48.7 Å². The van der Waals surface area contributed by atoms with Crippen LogP contribution in [-0.4, -0.2) is 19.5 Å². The van der Waals surface area contributed by atoms with E-state index in [-0.39, 0.29) is 11.1 Å². The Hall–Kier alpha value is -1.10. The molecule has 0 aliphatic rings. The smallest absolute Gasteiger partial charge is 0.250 e. The van der Waals surface area contributed by atoms with E-state index in [2.05, 4.69) is 34.9 Å². The van der Waals surface area contributed by atoms with E-state index in [1.807, 2.05) is 18.2 Å². The van der Waals surface area contributed by atoms with Gasteiger partial charge in [0.15, 0.2) is 5.65 Å². The molecule has 0 aromatic carbocycles. The zero-order valence-electron chi connectivity index (χ0n) is 12.2. The van der Waals surface area contributed by atoms with Gasteiger partial charge in [0, 0.05) is 11.5 Å². The summed E-state index contributed by atoms with van der Waals surface area (Å²) in [6.45, 7) is 5.07. The van der Waals surface area contributed by atoms with Gasteiger partial charge in [-0.15, -0.1) is 5.10 Å². The summed E-state index contributed by atoms with van der Waals surface area (Å²) < 4.78 is 3.23. The van der Waals surface area contributed by atoms with Crippen molar-refractivity contribution in [3.8, 4) is 0 Å². The third-order valence-electron chi connectivity index (χ3n) is 3.82. The van der Waals surface area contributed by atoms with Crippen LogP contribution < -0.4 is 5.69 Å². The zero-order valence-corrected chi connectivity index (χ0v) is 13.8. The maximum atomic E-state index is 12.4. The SMILES string of the molecule is CCCC(CBr)(CCC)Cn1nc2ccccn2c1=O. The molecule has 0 bridgehead atoms. The van der Waals surface area contributed by atoms with Gasteiger partial charge in [-0.25, -0.2) is 9.48 Å². The van der Waals surface area contributed by atoms with Gasteiger partial charge >= 0.3 is 5.69 Å². The van der Waals surface area contributed by atoms with E-state index in [4.69, 9.17) is 0 Å². The number of aromatic nitrogens is 3. The summed E-state index contributed by atoms with van der Waals surface area (Å²) >= 11 is 3.65. The van der Waals surface area contributed by atoms with Gasteiger partial charge in [-0.2, -0.15) is 0 Å². The van der Waals surface area contributed by atoms with Crippen molar-refractivity contribution in [1.82, 2.24) is 14.2 Å². The molecule has 0 unspecified atom stereocenters. The van der Waals surface area contributed by atoms with E-state index in [0.717, 1.165) is 31.0 Å². The molecule has 0 saturated heterocycles. The Kier molecular flexibility index (Phi) is 5.02. The van der Waals surface area contributed by atoms with Crippen molar-refractivity contribution in [2.45, 2.75) is 46.1 Å². The van der Waals surface area contributed by atoms with Crippen molar-refractivity contribution in [2.24, 2.45) is 5.41 Å². The summed E-state index contributed by atoms with van der Waals surface area (Å²) in [4.78, 5) is 12.4. The van der Waals surface area contributed by atoms with Gasteiger partial charge in [0.2, 0.25) is 0 Å². The molecule has 0 amide bonds. The van der Waals surface area contributed by atoms with Crippen molar-refractivity contribution in [2.75, 3.05) is 5.33 Å². The van der Waals surface area contributed by atoms with Crippen LogP contribution in [0.1, 0.15) is 39.5 Å². The molecule has 2 aromatic rings. The fraction of sp³-hybridized carbons (Fsp3) is 0.600. The molecule has 0 aliphatic heterocycles. The predicted octanol–water partition coefficient (Wildman–Crippen LogP) is 3.48. The predicted molar refractivity (Wildman–Crippen MR) is 85.5 cm³/mol. The number of alkyl halides is 1. The van der Waals surface area contributed by atoms with Crippen LogP contribution in [0.3, 0.4) is 0 Å². The lowest BCUT2D eigenvalue weighted by molar-refractivity contribution is 0.220. The summed E-state index contributed by atoms with van der Waals surface area (Å²) in [6.07, 6.45) is 6.22. The molecule has 0 spiro atoms. The first-order chi connectivity index (χ1) is 9.65. The second-order valence-corrected chi connectivity index (χ2v) is 6.06. The normalized spacial score (nSPS) is 12.2. The van der Waals surface area contributed by atoms with Crippen LogP contribution in [0.25, 0.3) is 5.65 Å². The van der Waals surface area contributed by atoms with Gasteiger partial charge in [0.1, 0.15) is 0 Å². The lowest BCUT2D eigenvalue weighted by Gasteiger charge is -2.31. The Labute approximate surface area is 127 Å². The summed E-state index contributed by atoms with van der Waals surface area (Å²) in [6, 6.07) is 5.63. The molecular formula is C15H22BrN3O. The highest BCUT2D eigenvalue weighted by molar-refractivity contribution is 9.09. The highest BCUT2D eigenvalue weighted by atomic mass is 79.9. The molecule has 0 radical (unpaired) electrons. The van der Waals surface area contributed by atoms with Crippen molar-refractivity contribution < 1.29 is 0 Å². The summed E-state index contributed by atoms with van der Waals surface area (Å²) in [5.74, 6) is 0. The summed E-state index contributed by atoms with van der Waals surface area (Å²) in [5, 5.41) is 5.36. The van der Waals surface area contributed by atoms with Crippen LogP contribution in [-0.2, 0) is 6.54 Å². The average Bonchev–Trinajstić information content (AvgIpc) is 2.76. The average molecular weight is 340 g/mol. The van der Waals surface area contributed by atoms with E-state index < -0.39 is 0 Å². The molecule has 5 heteroatoms. The summed E-state index contributed by atoms with van der Waals surface area (Å²) in [7, 11) is 0. The Morgan fingerprint density at radius 3 is 2.50 bits per heavy atom. The van der Waals surface area contributed by atoms with Gasteiger partial charge in [-0.3, -0.25) is 4.40 Å². The third-order valence-corrected chi connectivity index (χ3v) is 5.01. The Morgan fingerprint density at radius 1 is 1.25 bits per heavy atom. The molecule has 0 saturated carbocycles. The number of pyridine rings is 1. The largest absolute Gasteiger partial charge is 0.350 e. The Morgan fingerprint density at radius 2 is 1.95 bits per heavy atom. The molecule has 0 N–H and O–H groups in total. The number of nitrogens with zero attached hydrogens (tertiary/aromatic N) is 3. The molecule has 2 rings (SSSR count). The number of rotatable bonds is 7. The molecule has 2 aromatic heterocycles. The minimum absolute atomic E-state index is 0.0434. The van der Waals surface area contributed by atoms with Crippen molar-refractivity contribution in [3.05, 3.63) is 34.9 Å². The second-order valence-electron chi connectivity index (χ2n) is 5.50. The lowest BCUT2D eigenvalue weighted by Crippen LogP contribution is -2.34. The van der Waals surface area contributed by atoms with E-state index >= 15 is 0 Å². The Balaban J connectivity index is 2.37. The molecule has 0 fully saturated rings. The molecule has 0 aliphatic carbocycles. The lowest BCUT2D eigenvalue weighted by atomic mass is 9.81. The first-order valence-electron chi connectivity index (χ1n) is 7.26. The third kappa shape index (κ3) is 2.97. The second kappa shape index (κ2) is 6.57. The van der Waals surface area contributed by atoms with E-state index in [9.17, 15) is 4.79 Å². The van der Waals surface area contributed by atoms with E-state index in [1.165, 1.54) is 0 Å². The maximum Gasteiger partial charge on any atom is 0.350 e. The molecule has 0 atom stereocenters. The number of hydrogen-bond acceptors (Lipinski definition) is 2. The van der Waals surface area contributed by atoms with Gasteiger partial charge in [0.05, 0.1) is 6.54 Å². The number of fused-ring (bicyclic) bond motifs is 1. The van der Waals surface area contributed by atoms with Gasteiger partial charge in [-0.05, 0) is 30.4 Å². The number of halogens is 1. The zero-order chi connectivity index (χ0) is 14.6. The first-order valence-corrected chi connectivity index (χ1v) is 8.38. The molecule has 2 heterocycles. The van der Waals surface area contributed by atoms with Gasteiger partial charge < -0.3 is 0 Å². The molecule has 4 nitrogen and oxygen atoms in total. The van der Waals surface area contributed by atoms with E-state index in [0.29, 0.717) is 12.2 Å². The van der Waals surface area contributed by atoms with Crippen LogP contribution in [0.2, 0.25) is 0 Å². The van der Waals surface area contributed by atoms with Crippen molar-refractivity contribution >= 4 is 21.6 Å². The molecule has 20 heavy (non-hydrogen) atoms. The van der Waals surface area contributed by atoms with Crippen LogP contribution in [0.4, 0.5) is 0 Å².